The van der Waals surface area contributed by atoms with E-state index in [1.54, 1.807) is 49.0 Å². The molecule has 12 heteroatoms. The van der Waals surface area contributed by atoms with Crippen LogP contribution >= 0.6 is 11.7 Å². The molecule has 5 rings (SSSR count). The summed E-state index contributed by atoms with van der Waals surface area (Å²) >= 11 is 0.926. The van der Waals surface area contributed by atoms with Gasteiger partial charge in [-0.05, 0) is 49.4 Å². The summed E-state index contributed by atoms with van der Waals surface area (Å²) in [6.45, 7) is 1.73. The summed E-state index contributed by atoms with van der Waals surface area (Å²) in [5, 5.41) is 2.68. The van der Waals surface area contributed by atoms with Crippen LogP contribution in [0, 0.1) is 6.92 Å². The predicted octanol–water partition coefficient (Wildman–Crippen LogP) is 3.54. The number of para-hydroxylation sites is 1. The summed E-state index contributed by atoms with van der Waals surface area (Å²) in [5.74, 6) is -0.548. The number of sulfonamides is 1. The highest BCUT2D eigenvalue weighted by Crippen LogP contribution is 2.24. The van der Waals surface area contributed by atoms with E-state index in [1.807, 2.05) is 18.2 Å². The van der Waals surface area contributed by atoms with Gasteiger partial charge in [-0.2, -0.15) is 8.75 Å². The van der Waals surface area contributed by atoms with Gasteiger partial charge in [0.15, 0.2) is 0 Å². The van der Waals surface area contributed by atoms with Crippen LogP contribution in [0.2, 0.25) is 0 Å². The van der Waals surface area contributed by atoms with Crippen LogP contribution in [0.5, 0.6) is 0 Å². The third-order valence-electron chi connectivity index (χ3n) is 5.71. The number of hydrogen-bond donors (Lipinski definition) is 2. The molecule has 0 fully saturated rings. The minimum absolute atomic E-state index is 0.00928. The maximum atomic E-state index is 13.1. The lowest BCUT2D eigenvalue weighted by Gasteiger charge is -2.10. The molecule has 36 heavy (non-hydrogen) atoms. The van der Waals surface area contributed by atoms with E-state index in [2.05, 4.69) is 18.8 Å². The fourth-order valence-electron chi connectivity index (χ4n) is 3.83. The normalized spacial score (nSPS) is 11.5. The van der Waals surface area contributed by atoms with Crippen molar-refractivity contribution >= 4 is 50.1 Å². The molecule has 5 aromatic rings. The number of benzene rings is 3. The number of fused-ring (bicyclic) bond motifs is 1. The Balaban J connectivity index is 1.42. The maximum absolute atomic E-state index is 13.1. The van der Waals surface area contributed by atoms with Gasteiger partial charge in [0.2, 0.25) is 0 Å². The number of anilines is 2. The van der Waals surface area contributed by atoms with Gasteiger partial charge in [0.25, 0.3) is 21.5 Å². The van der Waals surface area contributed by atoms with Crippen molar-refractivity contribution in [3.05, 3.63) is 94.4 Å². The van der Waals surface area contributed by atoms with Crippen molar-refractivity contribution in [2.45, 2.75) is 11.8 Å². The largest absolute Gasteiger partial charge is 0.316 e. The van der Waals surface area contributed by atoms with Crippen LogP contribution in [0.25, 0.3) is 16.7 Å². The maximum Gasteiger partial charge on any atom is 0.295 e. The minimum atomic E-state index is -3.99. The van der Waals surface area contributed by atoms with E-state index in [0.29, 0.717) is 16.9 Å². The fourth-order valence-corrected chi connectivity index (χ4v) is 5.65. The van der Waals surface area contributed by atoms with Gasteiger partial charge < -0.3 is 5.32 Å². The van der Waals surface area contributed by atoms with E-state index >= 15 is 0 Å². The summed E-state index contributed by atoms with van der Waals surface area (Å²) in [6.07, 6.45) is 0. The van der Waals surface area contributed by atoms with Crippen LogP contribution in [0.15, 0.2) is 82.5 Å². The summed E-state index contributed by atoms with van der Waals surface area (Å²) in [5.41, 5.74) is 2.12. The molecule has 2 heterocycles. The molecule has 2 aromatic heterocycles. The number of carbonyl (C=O) groups is 1. The van der Waals surface area contributed by atoms with E-state index in [4.69, 9.17) is 0 Å². The van der Waals surface area contributed by atoms with Crippen LogP contribution in [0.1, 0.15) is 16.1 Å². The number of carbonyl (C=O) groups excluding carboxylic acids is 1. The minimum Gasteiger partial charge on any atom is -0.316 e. The molecule has 0 unspecified atom stereocenters. The highest BCUT2D eigenvalue weighted by Gasteiger charge is 2.22. The summed E-state index contributed by atoms with van der Waals surface area (Å²) in [6, 6.07) is 19.8. The lowest BCUT2D eigenvalue weighted by molar-refractivity contribution is 0.102. The Morgan fingerprint density at radius 1 is 0.972 bits per heavy atom. The van der Waals surface area contributed by atoms with Gasteiger partial charge in [0.1, 0.15) is 21.6 Å². The SMILES string of the molecule is Cc1c(NC(=O)c2cccc(NS(=O)(=O)c3cccc4nsnc34)c2)c(=O)n(-c2ccccc2)n1C. The zero-order valence-electron chi connectivity index (χ0n) is 19.2. The molecule has 1 amide bonds. The van der Waals surface area contributed by atoms with Crippen LogP contribution in [0.3, 0.4) is 0 Å². The summed E-state index contributed by atoms with van der Waals surface area (Å²) in [4.78, 5) is 26.1. The Hall–Kier alpha value is -4.29. The van der Waals surface area contributed by atoms with Gasteiger partial charge in [-0.15, -0.1) is 0 Å². The summed E-state index contributed by atoms with van der Waals surface area (Å²) < 4.78 is 39.8. The monoisotopic (exact) mass is 520 g/mol. The van der Waals surface area contributed by atoms with Crippen molar-refractivity contribution in [3.8, 4) is 5.69 Å². The van der Waals surface area contributed by atoms with E-state index in [0.717, 1.165) is 11.7 Å². The van der Waals surface area contributed by atoms with Crippen LogP contribution in [-0.2, 0) is 17.1 Å². The van der Waals surface area contributed by atoms with Gasteiger partial charge in [0, 0.05) is 18.3 Å². The standard InChI is InChI=1S/C24H20N6O4S2/c1-15-21(24(32)30(29(15)2)18-10-4-3-5-11-18)25-23(31)16-8-6-9-17(14-16)28-36(33,34)20-13-7-12-19-22(20)27-35-26-19/h3-14,28H,1-2H3,(H,25,31). The predicted molar refractivity (Wildman–Crippen MR) is 138 cm³/mol. The van der Waals surface area contributed by atoms with Crippen molar-refractivity contribution in [1.82, 2.24) is 18.1 Å². The Morgan fingerprint density at radius 2 is 1.72 bits per heavy atom. The molecule has 0 bridgehead atoms. The molecule has 0 aliphatic rings. The van der Waals surface area contributed by atoms with E-state index in [1.165, 1.54) is 28.9 Å². The molecule has 10 nitrogen and oxygen atoms in total. The van der Waals surface area contributed by atoms with Crippen LogP contribution < -0.4 is 15.6 Å². The lowest BCUT2D eigenvalue weighted by Crippen LogP contribution is -2.23. The topological polar surface area (TPSA) is 128 Å². The van der Waals surface area contributed by atoms with E-state index in [-0.39, 0.29) is 32.9 Å². The number of aromatic nitrogens is 4. The first kappa shape index (κ1) is 23.5. The Labute approximate surface area is 210 Å². The molecule has 182 valence electrons. The summed E-state index contributed by atoms with van der Waals surface area (Å²) in [7, 11) is -2.26. The Kier molecular flexibility index (Phi) is 5.90. The molecule has 0 saturated carbocycles. The molecule has 0 aliphatic heterocycles. The third kappa shape index (κ3) is 4.16. The molecule has 0 radical (unpaired) electrons. The molecule has 0 saturated heterocycles. The number of amides is 1. The number of nitrogens with zero attached hydrogens (tertiary/aromatic N) is 4. The van der Waals surface area contributed by atoms with E-state index in [9.17, 15) is 18.0 Å². The molecular formula is C24H20N6O4S2. The Bertz CT molecular complexity index is 1770. The molecule has 2 N–H and O–H groups in total. The van der Waals surface area contributed by atoms with Gasteiger partial charge >= 0.3 is 0 Å². The lowest BCUT2D eigenvalue weighted by atomic mass is 10.2. The molecular weight excluding hydrogens is 500 g/mol. The number of nitrogens with one attached hydrogen (secondary N) is 2. The molecule has 0 aliphatic carbocycles. The first-order valence-electron chi connectivity index (χ1n) is 10.8. The average Bonchev–Trinajstić information content (AvgIpc) is 3.43. The van der Waals surface area contributed by atoms with Crippen molar-refractivity contribution in [1.29, 1.82) is 0 Å². The fraction of sp³-hybridized carbons (Fsp3) is 0.0833. The number of hydrogen-bond acceptors (Lipinski definition) is 7. The third-order valence-corrected chi connectivity index (χ3v) is 7.66. The molecule has 0 spiro atoms. The van der Waals surface area contributed by atoms with Crippen molar-refractivity contribution in [2.24, 2.45) is 7.05 Å². The first-order valence-corrected chi connectivity index (χ1v) is 13.0. The second kappa shape index (κ2) is 9.06. The van der Waals surface area contributed by atoms with Crippen molar-refractivity contribution in [3.63, 3.8) is 0 Å². The van der Waals surface area contributed by atoms with Crippen molar-refractivity contribution in [2.75, 3.05) is 10.0 Å². The zero-order chi connectivity index (χ0) is 25.4. The quantitative estimate of drug-likeness (QED) is 0.352. The first-order chi connectivity index (χ1) is 17.3. The van der Waals surface area contributed by atoms with Gasteiger partial charge in [-0.25, -0.2) is 13.1 Å². The van der Waals surface area contributed by atoms with Gasteiger partial charge in [0.05, 0.1) is 23.1 Å². The Morgan fingerprint density at radius 3 is 2.50 bits per heavy atom. The average molecular weight is 521 g/mol. The highest BCUT2D eigenvalue weighted by atomic mass is 32.2. The second-order valence-corrected chi connectivity index (χ2v) is 10.1. The highest BCUT2D eigenvalue weighted by molar-refractivity contribution is 7.93. The van der Waals surface area contributed by atoms with Crippen LogP contribution in [-0.4, -0.2) is 32.4 Å². The van der Waals surface area contributed by atoms with Gasteiger partial charge in [-0.3, -0.25) is 19.0 Å². The van der Waals surface area contributed by atoms with Crippen LogP contribution in [0.4, 0.5) is 11.4 Å². The zero-order valence-corrected chi connectivity index (χ0v) is 20.8. The van der Waals surface area contributed by atoms with E-state index < -0.39 is 15.9 Å². The second-order valence-electron chi connectivity index (χ2n) is 7.97. The smallest absolute Gasteiger partial charge is 0.295 e. The van der Waals surface area contributed by atoms with Gasteiger partial charge in [-0.1, -0.05) is 30.3 Å². The van der Waals surface area contributed by atoms with Crippen molar-refractivity contribution < 1.29 is 13.2 Å². The molecule has 3 aromatic carbocycles. The molecule has 0 atom stereocenters. The number of rotatable bonds is 6.